The minimum atomic E-state index is 0.749. The van der Waals surface area contributed by atoms with Crippen LogP contribution in [0.25, 0.3) is 12.2 Å². The monoisotopic (exact) mass is 229 g/mol. The fourth-order valence-electron chi connectivity index (χ4n) is 1.45. The van der Waals surface area contributed by atoms with Crippen molar-refractivity contribution in [2.24, 2.45) is 0 Å². The molecule has 0 amide bonds. The molecule has 0 fully saturated rings. The van der Waals surface area contributed by atoms with Gasteiger partial charge in [0.25, 0.3) is 0 Å². The van der Waals surface area contributed by atoms with Crippen molar-refractivity contribution < 1.29 is 0 Å². The van der Waals surface area contributed by atoms with Crippen LogP contribution in [-0.2, 0) is 0 Å². The van der Waals surface area contributed by atoms with Gasteiger partial charge in [-0.1, -0.05) is 35.9 Å². The van der Waals surface area contributed by atoms with Crippen LogP contribution < -0.4 is 0 Å². The number of aromatic nitrogens is 1. The zero-order valence-electron chi connectivity index (χ0n) is 9.02. The van der Waals surface area contributed by atoms with Crippen LogP contribution in [0.3, 0.4) is 0 Å². The maximum atomic E-state index is 5.90. The van der Waals surface area contributed by atoms with Gasteiger partial charge in [0.05, 0.1) is 5.69 Å². The summed E-state index contributed by atoms with van der Waals surface area (Å²) in [5, 5.41) is 0.749. The summed E-state index contributed by atoms with van der Waals surface area (Å²) in [5.74, 6) is 0. The van der Waals surface area contributed by atoms with E-state index in [1.165, 1.54) is 0 Å². The Hall–Kier alpha value is -1.60. The Morgan fingerprint density at radius 2 is 1.88 bits per heavy atom. The molecule has 0 bridgehead atoms. The van der Waals surface area contributed by atoms with E-state index in [2.05, 4.69) is 4.98 Å². The first-order chi connectivity index (χ1) is 7.74. The fraction of sp³-hybridized carbons (Fsp3) is 0.0714. The van der Waals surface area contributed by atoms with Crippen molar-refractivity contribution in [3.63, 3.8) is 0 Å². The van der Waals surface area contributed by atoms with E-state index in [0.717, 1.165) is 22.0 Å². The topological polar surface area (TPSA) is 12.9 Å². The summed E-state index contributed by atoms with van der Waals surface area (Å²) < 4.78 is 0. The van der Waals surface area contributed by atoms with Gasteiger partial charge in [0.2, 0.25) is 0 Å². The molecule has 0 unspecified atom stereocenters. The number of nitrogens with zero attached hydrogens (tertiary/aromatic N) is 1. The third kappa shape index (κ3) is 2.94. The zero-order valence-corrected chi connectivity index (χ0v) is 9.78. The lowest BCUT2D eigenvalue weighted by atomic mass is 10.2. The Labute approximate surface area is 100 Å². The van der Waals surface area contributed by atoms with Crippen LogP contribution >= 0.6 is 11.6 Å². The molecule has 0 spiro atoms. The SMILES string of the molecule is Cc1cccc(C=Cc2cccc(Cl)c2)n1. The molecule has 0 saturated heterocycles. The van der Waals surface area contributed by atoms with Crippen LogP contribution in [0.4, 0.5) is 0 Å². The molecule has 16 heavy (non-hydrogen) atoms. The van der Waals surface area contributed by atoms with Crippen LogP contribution in [0.5, 0.6) is 0 Å². The Morgan fingerprint density at radius 3 is 2.62 bits per heavy atom. The molecule has 2 aromatic rings. The normalized spacial score (nSPS) is 10.9. The molecule has 2 heteroatoms. The number of benzene rings is 1. The molecule has 0 radical (unpaired) electrons. The van der Waals surface area contributed by atoms with Gasteiger partial charge in [-0.2, -0.15) is 0 Å². The van der Waals surface area contributed by atoms with E-state index >= 15 is 0 Å². The van der Waals surface area contributed by atoms with Gasteiger partial charge in [-0.25, -0.2) is 0 Å². The molecule has 1 heterocycles. The number of hydrogen-bond acceptors (Lipinski definition) is 1. The quantitative estimate of drug-likeness (QED) is 0.752. The lowest BCUT2D eigenvalue weighted by molar-refractivity contribution is 1.18. The van der Waals surface area contributed by atoms with E-state index in [1.54, 1.807) is 0 Å². The predicted octanol–water partition coefficient (Wildman–Crippen LogP) is 4.21. The standard InChI is InChI=1S/C14H12ClN/c1-11-4-2-7-14(16-11)9-8-12-5-3-6-13(15)10-12/h2-10H,1H3. The first-order valence-electron chi connectivity index (χ1n) is 5.11. The Morgan fingerprint density at radius 1 is 1.06 bits per heavy atom. The second-order valence-corrected chi connectivity index (χ2v) is 4.03. The molecule has 80 valence electrons. The highest BCUT2D eigenvalue weighted by Gasteiger charge is 1.91. The molecule has 0 aliphatic heterocycles. The van der Waals surface area contributed by atoms with E-state index < -0.39 is 0 Å². The number of pyridine rings is 1. The van der Waals surface area contributed by atoms with Gasteiger partial charge in [-0.3, -0.25) is 4.98 Å². The second-order valence-electron chi connectivity index (χ2n) is 3.59. The Balaban J connectivity index is 2.21. The largest absolute Gasteiger partial charge is 0.254 e. The average molecular weight is 230 g/mol. The Kier molecular flexibility index (Phi) is 3.37. The van der Waals surface area contributed by atoms with Crippen LogP contribution in [-0.4, -0.2) is 4.98 Å². The van der Waals surface area contributed by atoms with Gasteiger partial charge in [0.15, 0.2) is 0 Å². The van der Waals surface area contributed by atoms with Crippen molar-refractivity contribution in [3.05, 3.63) is 64.4 Å². The molecule has 0 N–H and O–H groups in total. The highest BCUT2D eigenvalue weighted by Crippen LogP contribution is 2.13. The van der Waals surface area contributed by atoms with E-state index in [-0.39, 0.29) is 0 Å². The fourth-order valence-corrected chi connectivity index (χ4v) is 1.65. The third-order valence-corrected chi connectivity index (χ3v) is 2.44. The predicted molar refractivity (Wildman–Crippen MR) is 69.4 cm³/mol. The van der Waals surface area contributed by atoms with Crippen molar-refractivity contribution in [2.75, 3.05) is 0 Å². The first-order valence-corrected chi connectivity index (χ1v) is 5.49. The lowest BCUT2D eigenvalue weighted by Crippen LogP contribution is -1.83. The number of hydrogen-bond donors (Lipinski definition) is 0. The summed E-state index contributed by atoms with van der Waals surface area (Å²) in [5.41, 5.74) is 3.06. The van der Waals surface area contributed by atoms with Gasteiger partial charge in [-0.15, -0.1) is 0 Å². The molecule has 0 aliphatic rings. The second kappa shape index (κ2) is 4.95. The maximum Gasteiger partial charge on any atom is 0.0633 e. The summed E-state index contributed by atoms with van der Waals surface area (Å²) in [6, 6.07) is 13.7. The van der Waals surface area contributed by atoms with Crippen molar-refractivity contribution in [2.45, 2.75) is 6.92 Å². The maximum absolute atomic E-state index is 5.90. The van der Waals surface area contributed by atoms with Gasteiger partial charge >= 0.3 is 0 Å². The van der Waals surface area contributed by atoms with Crippen molar-refractivity contribution in [3.8, 4) is 0 Å². The minimum Gasteiger partial charge on any atom is -0.254 e. The van der Waals surface area contributed by atoms with Gasteiger partial charge < -0.3 is 0 Å². The van der Waals surface area contributed by atoms with Crippen LogP contribution in [0.1, 0.15) is 17.0 Å². The smallest absolute Gasteiger partial charge is 0.0633 e. The van der Waals surface area contributed by atoms with E-state index in [4.69, 9.17) is 11.6 Å². The highest BCUT2D eigenvalue weighted by atomic mass is 35.5. The summed E-state index contributed by atoms with van der Waals surface area (Å²) in [6.07, 6.45) is 3.99. The molecule has 1 aromatic heterocycles. The third-order valence-electron chi connectivity index (χ3n) is 2.21. The molecular weight excluding hydrogens is 218 g/mol. The molecular formula is C14H12ClN. The summed E-state index contributed by atoms with van der Waals surface area (Å²) in [4.78, 5) is 4.39. The van der Waals surface area contributed by atoms with Gasteiger partial charge in [0.1, 0.15) is 0 Å². The molecule has 1 nitrogen and oxygen atoms in total. The van der Waals surface area contributed by atoms with Crippen molar-refractivity contribution >= 4 is 23.8 Å². The zero-order chi connectivity index (χ0) is 11.4. The van der Waals surface area contributed by atoms with Crippen LogP contribution in [0.2, 0.25) is 5.02 Å². The van der Waals surface area contributed by atoms with Crippen LogP contribution in [0.15, 0.2) is 42.5 Å². The average Bonchev–Trinajstić information content (AvgIpc) is 2.27. The molecule has 0 aliphatic carbocycles. The van der Waals surface area contributed by atoms with E-state index in [1.807, 2.05) is 61.5 Å². The first kappa shape index (κ1) is 10.9. The number of halogens is 1. The summed E-state index contributed by atoms with van der Waals surface area (Å²) in [7, 11) is 0. The summed E-state index contributed by atoms with van der Waals surface area (Å²) in [6.45, 7) is 1.98. The Bertz CT molecular complexity index is 470. The highest BCUT2D eigenvalue weighted by molar-refractivity contribution is 6.30. The van der Waals surface area contributed by atoms with Gasteiger partial charge in [-0.05, 0) is 42.8 Å². The minimum absolute atomic E-state index is 0.749. The lowest BCUT2D eigenvalue weighted by Gasteiger charge is -1.96. The molecule has 2 rings (SSSR count). The molecule has 1 aromatic carbocycles. The van der Waals surface area contributed by atoms with Crippen LogP contribution in [0, 0.1) is 6.92 Å². The van der Waals surface area contributed by atoms with E-state index in [9.17, 15) is 0 Å². The molecule has 0 saturated carbocycles. The summed E-state index contributed by atoms with van der Waals surface area (Å²) >= 11 is 5.90. The number of aryl methyl sites for hydroxylation is 1. The van der Waals surface area contributed by atoms with E-state index in [0.29, 0.717) is 0 Å². The van der Waals surface area contributed by atoms with Crippen molar-refractivity contribution in [1.82, 2.24) is 4.98 Å². The number of rotatable bonds is 2. The van der Waals surface area contributed by atoms with Gasteiger partial charge in [0, 0.05) is 10.7 Å². The van der Waals surface area contributed by atoms with Crippen molar-refractivity contribution in [1.29, 1.82) is 0 Å². The molecule has 0 atom stereocenters.